The number of pyridine rings is 1. The van der Waals surface area contributed by atoms with Gasteiger partial charge in [-0.15, -0.1) is 0 Å². The maximum atomic E-state index is 13.0. The molecule has 1 N–H and O–H groups in total. The average Bonchev–Trinajstić information content (AvgIpc) is 2.92. The molecule has 9 heteroatoms. The van der Waals surface area contributed by atoms with Crippen LogP contribution in [0.5, 0.6) is 17.2 Å². The Balaban J connectivity index is 1.37. The van der Waals surface area contributed by atoms with Crippen LogP contribution >= 0.6 is 0 Å². The standard InChI is InChI=1S/C26H34N4O5/c1-33-21-16-20(17-22(34-2)24(21)35-3)28-25(31)18-8-13-29(14-9-18)23-15-19(7-10-27-23)26(32)30-11-5-4-6-12-30/h7,10,15-18H,4-6,8-9,11-14H2,1-3H3,(H,28,31). The lowest BCUT2D eigenvalue weighted by atomic mass is 9.95. The molecule has 0 radical (unpaired) electrons. The summed E-state index contributed by atoms with van der Waals surface area (Å²) in [4.78, 5) is 34.4. The van der Waals surface area contributed by atoms with E-state index in [-0.39, 0.29) is 17.7 Å². The molecule has 4 rings (SSSR count). The fourth-order valence-electron chi connectivity index (χ4n) is 4.77. The number of amides is 2. The Morgan fingerprint density at radius 3 is 2.17 bits per heavy atom. The number of hydrogen-bond acceptors (Lipinski definition) is 7. The highest BCUT2D eigenvalue weighted by Gasteiger charge is 2.27. The molecule has 1 aromatic carbocycles. The second-order valence-electron chi connectivity index (χ2n) is 8.92. The largest absolute Gasteiger partial charge is 0.493 e. The molecular weight excluding hydrogens is 448 g/mol. The van der Waals surface area contributed by atoms with Gasteiger partial charge in [0, 0.05) is 61.7 Å². The lowest BCUT2D eigenvalue weighted by molar-refractivity contribution is -0.120. The van der Waals surface area contributed by atoms with Gasteiger partial charge in [-0.3, -0.25) is 9.59 Å². The summed E-state index contributed by atoms with van der Waals surface area (Å²) in [7, 11) is 4.63. The summed E-state index contributed by atoms with van der Waals surface area (Å²) in [5.74, 6) is 2.16. The molecule has 0 saturated carbocycles. The van der Waals surface area contributed by atoms with Gasteiger partial charge in [-0.1, -0.05) is 0 Å². The minimum Gasteiger partial charge on any atom is -0.493 e. The topological polar surface area (TPSA) is 93.2 Å². The predicted octanol–water partition coefficient (Wildman–Crippen LogP) is 3.59. The minimum absolute atomic E-state index is 0.0408. The third-order valence-electron chi connectivity index (χ3n) is 6.76. The summed E-state index contributed by atoms with van der Waals surface area (Å²) in [6, 6.07) is 7.12. The molecule has 2 saturated heterocycles. The van der Waals surface area contributed by atoms with Gasteiger partial charge in [0.15, 0.2) is 11.5 Å². The summed E-state index contributed by atoms with van der Waals surface area (Å²) in [5.41, 5.74) is 1.27. The number of aromatic nitrogens is 1. The van der Waals surface area contributed by atoms with E-state index in [0.29, 0.717) is 54.4 Å². The van der Waals surface area contributed by atoms with E-state index in [1.807, 2.05) is 11.0 Å². The van der Waals surface area contributed by atoms with Gasteiger partial charge < -0.3 is 29.3 Å². The molecule has 9 nitrogen and oxygen atoms in total. The minimum atomic E-state index is -0.122. The van der Waals surface area contributed by atoms with E-state index in [4.69, 9.17) is 14.2 Å². The number of ether oxygens (including phenoxy) is 3. The van der Waals surface area contributed by atoms with Gasteiger partial charge in [0.1, 0.15) is 5.82 Å². The summed E-state index contributed by atoms with van der Waals surface area (Å²) in [6.07, 6.45) is 6.42. The molecule has 2 fully saturated rings. The van der Waals surface area contributed by atoms with Crippen molar-refractivity contribution in [2.24, 2.45) is 5.92 Å². The van der Waals surface area contributed by atoms with Crippen molar-refractivity contribution in [3.8, 4) is 17.2 Å². The molecule has 188 valence electrons. The van der Waals surface area contributed by atoms with Crippen molar-refractivity contribution >= 4 is 23.3 Å². The average molecular weight is 483 g/mol. The normalized spacial score (nSPS) is 16.5. The van der Waals surface area contributed by atoms with Crippen molar-refractivity contribution in [3.63, 3.8) is 0 Å². The van der Waals surface area contributed by atoms with Crippen molar-refractivity contribution in [3.05, 3.63) is 36.0 Å². The van der Waals surface area contributed by atoms with Crippen LogP contribution in [0.3, 0.4) is 0 Å². The monoisotopic (exact) mass is 482 g/mol. The SMILES string of the molecule is COc1cc(NC(=O)C2CCN(c3cc(C(=O)N4CCCCC4)ccn3)CC2)cc(OC)c1OC. The third-order valence-corrected chi connectivity index (χ3v) is 6.76. The quantitative estimate of drug-likeness (QED) is 0.645. The highest BCUT2D eigenvalue weighted by molar-refractivity contribution is 5.95. The molecule has 0 unspecified atom stereocenters. The molecule has 3 heterocycles. The van der Waals surface area contributed by atoms with Gasteiger partial charge in [0.05, 0.1) is 21.3 Å². The molecule has 0 bridgehead atoms. The summed E-state index contributed by atoms with van der Waals surface area (Å²) in [5, 5.41) is 2.99. The number of hydrogen-bond donors (Lipinski definition) is 1. The van der Waals surface area contributed by atoms with Crippen LogP contribution in [0.25, 0.3) is 0 Å². The first-order valence-electron chi connectivity index (χ1n) is 12.1. The van der Waals surface area contributed by atoms with E-state index >= 15 is 0 Å². The zero-order chi connectivity index (χ0) is 24.8. The number of likely N-dealkylation sites (tertiary alicyclic amines) is 1. The van der Waals surface area contributed by atoms with E-state index in [1.165, 1.54) is 6.42 Å². The number of piperidine rings is 2. The van der Waals surface area contributed by atoms with Crippen LogP contribution in [0, 0.1) is 5.92 Å². The van der Waals surface area contributed by atoms with Gasteiger partial charge in [-0.2, -0.15) is 0 Å². The molecule has 2 aromatic rings. The maximum Gasteiger partial charge on any atom is 0.254 e. The maximum absolute atomic E-state index is 13.0. The zero-order valence-corrected chi connectivity index (χ0v) is 20.7. The van der Waals surface area contributed by atoms with Gasteiger partial charge in [0.25, 0.3) is 5.91 Å². The molecule has 35 heavy (non-hydrogen) atoms. The van der Waals surface area contributed by atoms with Crippen molar-refractivity contribution in [2.45, 2.75) is 32.1 Å². The van der Waals surface area contributed by atoms with Crippen LogP contribution in [0.2, 0.25) is 0 Å². The lowest BCUT2D eigenvalue weighted by Gasteiger charge is -2.32. The molecule has 1 aromatic heterocycles. The van der Waals surface area contributed by atoms with Crippen LogP contribution < -0.4 is 24.4 Å². The number of carbonyl (C=O) groups excluding carboxylic acids is 2. The van der Waals surface area contributed by atoms with E-state index < -0.39 is 0 Å². The first kappa shape index (κ1) is 24.6. The Hall–Kier alpha value is -3.49. The molecule has 2 aliphatic rings. The second-order valence-corrected chi connectivity index (χ2v) is 8.92. The Bertz CT molecular complexity index is 1020. The Morgan fingerprint density at radius 1 is 0.914 bits per heavy atom. The highest BCUT2D eigenvalue weighted by Crippen LogP contribution is 2.40. The van der Waals surface area contributed by atoms with E-state index in [0.717, 1.165) is 31.7 Å². The zero-order valence-electron chi connectivity index (χ0n) is 20.7. The fraction of sp³-hybridized carbons (Fsp3) is 0.500. The van der Waals surface area contributed by atoms with Crippen molar-refractivity contribution in [1.29, 1.82) is 0 Å². The first-order valence-corrected chi connectivity index (χ1v) is 12.1. The summed E-state index contributed by atoms with van der Waals surface area (Å²) >= 11 is 0. The summed E-state index contributed by atoms with van der Waals surface area (Å²) < 4.78 is 16.1. The Morgan fingerprint density at radius 2 is 1.57 bits per heavy atom. The van der Waals surface area contributed by atoms with Crippen molar-refractivity contribution < 1.29 is 23.8 Å². The molecule has 2 amide bonds. The van der Waals surface area contributed by atoms with Crippen LogP contribution in [-0.2, 0) is 4.79 Å². The number of nitrogens with zero attached hydrogens (tertiary/aromatic N) is 3. The number of nitrogens with one attached hydrogen (secondary N) is 1. The van der Waals surface area contributed by atoms with Crippen LogP contribution in [0.1, 0.15) is 42.5 Å². The number of rotatable bonds is 7. The van der Waals surface area contributed by atoms with E-state index in [1.54, 1.807) is 45.7 Å². The van der Waals surface area contributed by atoms with E-state index in [9.17, 15) is 9.59 Å². The number of benzene rings is 1. The van der Waals surface area contributed by atoms with E-state index in [2.05, 4.69) is 15.2 Å². The molecule has 0 atom stereocenters. The smallest absolute Gasteiger partial charge is 0.254 e. The Kier molecular flexibility index (Phi) is 7.94. The van der Waals surface area contributed by atoms with Gasteiger partial charge >= 0.3 is 0 Å². The van der Waals surface area contributed by atoms with Crippen LogP contribution in [-0.4, -0.2) is 69.2 Å². The van der Waals surface area contributed by atoms with Crippen LogP contribution in [0.4, 0.5) is 11.5 Å². The molecule has 0 aliphatic carbocycles. The fourth-order valence-corrected chi connectivity index (χ4v) is 4.77. The third kappa shape index (κ3) is 5.61. The first-order chi connectivity index (χ1) is 17.0. The predicted molar refractivity (Wildman–Crippen MR) is 134 cm³/mol. The molecule has 2 aliphatic heterocycles. The Labute approximate surface area is 206 Å². The van der Waals surface area contributed by atoms with Crippen LogP contribution in [0.15, 0.2) is 30.5 Å². The van der Waals surface area contributed by atoms with Crippen molar-refractivity contribution in [1.82, 2.24) is 9.88 Å². The van der Waals surface area contributed by atoms with Crippen molar-refractivity contribution in [2.75, 3.05) is 57.7 Å². The molecular formula is C26H34N4O5. The van der Waals surface area contributed by atoms with Gasteiger partial charge in [-0.05, 0) is 44.2 Å². The summed E-state index contributed by atoms with van der Waals surface area (Å²) in [6.45, 7) is 3.04. The highest BCUT2D eigenvalue weighted by atomic mass is 16.5. The van der Waals surface area contributed by atoms with Gasteiger partial charge in [-0.25, -0.2) is 4.98 Å². The second kappa shape index (κ2) is 11.3. The van der Waals surface area contributed by atoms with Gasteiger partial charge in [0.2, 0.25) is 11.7 Å². The molecule has 0 spiro atoms. The lowest BCUT2D eigenvalue weighted by Crippen LogP contribution is -2.39. The number of carbonyl (C=O) groups is 2. The number of methoxy groups -OCH3 is 3. The number of anilines is 2.